The Morgan fingerprint density at radius 3 is 2.15 bits per heavy atom. The van der Waals surface area contributed by atoms with Gasteiger partial charge in [-0.3, -0.25) is 9.69 Å². The Kier molecular flexibility index (Phi) is 5.92. The largest absolute Gasteiger partial charge is 0.480 e. The average molecular weight is 614 g/mol. The molecule has 0 aromatic heterocycles. The summed E-state index contributed by atoms with van der Waals surface area (Å²) in [6.07, 6.45) is 0. The van der Waals surface area contributed by atoms with Gasteiger partial charge in [0, 0.05) is 14.1 Å². The van der Waals surface area contributed by atoms with Crippen LogP contribution < -0.4 is 10.6 Å². The number of hydrogen-bond acceptors (Lipinski definition) is 3. The van der Waals surface area contributed by atoms with Crippen molar-refractivity contribution >= 4 is 91.0 Å². The quantitative estimate of drug-likeness (QED) is 0.405. The van der Waals surface area contributed by atoms with Crippen LogP contribution >= 0.6 is 67.8 Å². The van der Waals surface area contributed by atoms with Crippen LogP contribution in [-0.4, -0.2) is 22.5 Å². The summed E-state index contributed by atoms with van der Waals surface area (Å²) < 4.78 is 2.34. The molecule has 5 nitrogen and oxygen atoms in total. The Morgan fingerprint density at radius 2 is 1.75 bits per heavy atom. The predicted molar refractivity (Wildman–Crippen MR) is 104 cm³/mol. The van der Waals surface area contributed by atoms with Gasteiger partial charge in [0.2, 0.25) is 5.91 Å². The number of amides is 1. The van der Waals surface area contributed by atoms with Crippen LogP contribution in [0.3, 0.4) is 0 Å². The van der Waals surface area contributed by atoms with E-state index in [0.29, 0.717) is 14.9 Å². The number of benzene rings is 1. The molecule has 0 aliphatic carbocycles. The fourth-order valence-electron chi connectivity index (χ4n) is 1.73. The molecule has 0 aliphatic heterocycles. The Hall–Kier alpha value is 0.150. The fourth-order valence-corrected chi connectivity index (χ4v) is 5.58. The summed E-state index contributed by atoms with van der Waals surface area (Å²) in [5, 5.41) is 9.40. The number of carboxylic acids is 1. The minimum atomic E-state index is -1.36. The van der Waals surface area contributed by atoms with Gasteiger partial charge in [0.05, 0.1) is 14.9 Å². The highest BCUT2D eigenvalue weighted by atomic mass is 127. The highest BCUT2D eigenvalue weighted by Crippen LogP contribution is 2.38. The summed E-state index contributed by atoms with van der Waals surface area (Å²) in [5.41, 5.74) is 5.74. The molecule has 0 fully saturated rings. The van der Waals surface area contributed by atoms with E-state index in [4.69, 9.17) is 5.73 Å². The molecular weight excluding hydrogens is 601 g/mol. The van der Waals surface area contributed by atoms with Gasteiger partial charge in [0.25, 0.3) is 0 Å². The van der Waals surface area contributed by atoms with Gasteiger partial charge in [-0.2, -0.15) is 0 Å². The van der Waals surface area contributed by atoms with Crippen LogP contribution in [0.4, 0.5) is 11.4 Å². The first-order valence-electron chi connectivity index (χ1n) is 5.49. The second-order valence-corrected chi connectivity index (χ2v) is 8.04. The van der Waals surface area contributed by atoms with Crippen LogP contribution in [0.15, 0.2) is 6.07 Å². The van der Waals surface area contributed by atoms with Crippen LogP contribution in [0, 0.1) is 10.7 Å². The van der Waals surface area contributed by atoms with Crippen LogP contribution in [0.25, 0.3) is 0 Å². The predicted octanol–water partition coefficient (Wildman–Crippen LogP) is 3.30. The lowest BCUT2D eigenvalue weighted by Crippen LogP contribution is -2.53. The van der Waals surface area contributed by atoms with Crippen molar-refractivity contribution in [3.63, 3.8) is 0 Å². The van der Waals surface area contributed by atoms with Crippen LogP contribution in [0.1, 0.15) is 20.8 Å². The number of hydrogen-bond donors (Lipinski definition) is 2. The monoisotopic (exact) mass is 614 g/mol. The standard InChI is InChI=1S/C12H13I3N2O3/c1-5(18)17(12(2,3)11(19)20)10-7(14)4-6(13)9(16)8(10)15/h4H,16H2,1-3H3,(H,19,20). The third-order valence-corrected chi connectivity index (χ3v) is 5.61. The Morgan fingerprint density at radius 1 is 1.25 bits per heavy atom. The number of anilines is 2. The molecule has 110 valence electrons. The number of carbonyl (C=O) groups excluding carboxylic acids is 1. The zero-order valence-electron chi connectivity index (χ0n) is 11.0. The molecule has 1 aromatic carbocycles. The van der Waals surface area contributed by atoms with Crippen molar-refractivity contribution in [2.45, 2.75) is 26.3 Å². The number of nitrogen functional groups attached to an aromatic ring is 1. The van der Waals surface area contributed by atoms with Crippen LogP contribution in [-0.2, 0) is 9.59 Å². The molecule has 8 heteroatoms. The molecule has 3 N–H and O–H groups in total. The van der Waals surface area contributed by atoms with Gasteiger partial charge in [-0.15, -0.1) is 0 Å². The zero-order chi connectivity index (χ0) is 15.8. The molecule has 0 saturated heterocycles. The Labute approximate surface area is 158 Å². The number of halogens is 3. The van der Waals surface area contributed by atoms with Gasteiger partial charge in [-0.1, -0.05) is 0 Å². The molecule has 0 spiro atoms. The molecule has 0 bridgehead atoms. The smallest absolute Gasteiger partial charge is 0.329 e. The first kappa shape index (κ1) is 18.2. The number of rotatable bonds is 3. The third kappa shape index (κ3) is 3.31. The van der Waals surface area contributed by atoms with E-state index < -0.39 is 11.5 Å². The minimum absolute atomic E-state index is 0.339. The normalized spacial score (nSPS) is 11.3. The summed E-state index contributed by atoms with van der Waals surface area (Å²) >= 11 is 6.25. The fraction of sp³-hybridized carbons (Fsp3) is 0.333. The van der Waals surface area contributed by atoms with Gasteiger partial charge >= 0.3 is 5.97 Å². The molecular formula is C12H13I3N2O3. The molecule has 0 heterocycles. The Bertz CT molecular complexity index is 588. The molecule has 0 saturated carbocycles. The van der Waals surface area contributed by atoms with Crippen molar-refractivity contribution in [1.29, 1.82) is 0 Å². The maximum atomic E-state index is 12.0. The highest BCUT2D eigenvalue weighted by molar-refractivity contribution is 14.1. The molecule has 0 unspecified atom stereocenters. The summed E-state index contributed by atoms with van der Waals surface area (Å²) in [6.45, 7) is 4.35. The maximum Gasteiger partial charge on any atom is 0.329 e. The first-order valence-corrected chi connectivity index (χ1v) is 8.72. The summed E-state index contributed by atoms with van der Waals surface area (Å²) in [4.78, 5) is 24.8. The van der Waals surface area contributed by atoms with Crippen molar-refractivity contribution in [3.8, 4) is 0 Å². The lowest BCUT2D eigenvalue weighted by molar-refractivity contribution is -0.143. The van der Waals surface area contributed by atoms with Crippen molar-refractivity contribution in [1.82, 2.24) is 0 Å². The summed E-state index contributed by atoms with van der Waals surface area (Å²) in [6, 6.07) is 1.84. The zero-order valence-corrected chi connectivity index (χ0v) is 17.5. The molecule has 20 heavy (non-hydrogen) atoms. The van der Waals surface area contributed by atoms with Crippen molar-refractivity contribution in [3.05, 3.63) is 16.8 Å². The second-order valence-electron chi connectivity index (χ2n) is 4.64. The SMILES string of the molecule is CC(=O)N(c1c(I)cc(I)c(N)c1I)C(C)(C)C(=O)O. The number of carboxylic acid groups (broad SMARTS) is 1. The minimum Gasteiger partial charge on any atom is -0.480 e. The number of aliphatic carboxylic acids is 1. The molecule has 0 radical (unpaired) electrons. The van der Waals surface area contributed by atoms with E-state index in [-0.39, 0.29) is 5.91 Å². The number of nitrogens with two attached hydrogens (primary N) is 1. The maximum absolute atomic E-state index is 12.0. The molecule has 1 rings (SSSR count). The van der Waals surface area contributed by atoms with Crippen LogP contribution in [0.5, 0.6) is 0 Å². The van der Waals surface area contributed by atoms with Crippen molar-refractivity contribution in [2.75, 3.05) is 10.6 Å². The van der Waals surface area contributed by atoms with E-state index in [9.17, 15) is 14.7 Å². The van der Waals surface area contributed by atoms with Gasteiger partial charge in [-0.05, 0) is 87.7 Å². The van der Waals surface area contributed by atoms with Gasteiger partial charge in [0.15, 0.2) is 0 Å². The third-order valence-electron chi connectivity index (χ3n) is 2.80. The molecule has 1 amide bonds. The van der Waals surface area contributed by atoms with E-state index in [0.717, 1.165) is 7.14 Å². The lowest BCUT2D eigenvalue weighted by Gasteiger charge is -2.36. The summed E-state index contributed by atoms with van der Waals surface area (Å²) in [7, 11) is 0. The van der Waals surface area contributed by atoms with E-state index in [1.54, 1.807) is 0 Å². The number of carbonyl (C=O) groups is 2. The first-order chi connectivity index (χ1) is 9.01. The van der Waals surface area contributed by atoms with Gasteiger partial charge < -0.3 is 10.8 Å². The molecule has 1 aromatic rings. The molecule has 0 aliphatic rings. The van der Waals surface area contributed by atoms with E-state index in [1.807, 2.05) is 28.7 Å². The highest BCUT2D eigenvalue weighted by Gasteiger charge is 2.39. The van der Waals surface area contributed by atoms with Gasteiger partial charge in [-0.25, -0.2) is 4.79 Å². The average Bonchev–Trinajstić information content (AvgIpc) is 2.30. The second kappa shape index (κ2) is 6.50. The van der Waals surface area contributed by atoms with E-state index in [2.05, 4.69) is 45.2 Å². The van der Waals surface area contributed by atoms with Gasteiger partial charge in [0.1, 0.15) is 5.54 Å². The topological polar surface area (TPSA) is 83.6 Å². The number of nitrogens with zero attached hydrogens (tertiary/aromatic N) is 1. The molecule has 0 atom stereocenters. The summed E-state index contributed by atoms with van der Waals surface area (Å²) in [5.74, 6) is -1.41. The Balaban J connectivity index is 3.65. The van der Waals surface area contributed by atoms with Crippen LogP contribution in [0.2, 0.25) is 0 Å². The van der Waals surface area contributed by atoms with E-state index >= 15 is 0 Å². The van der Waals surface area contributed by atoms with Crippen molar-refractivity contribution < 1.29 is 14.7 Å². The van der Waals surface area contributed by atoms with Crippen molar-refractivity contribution in [2.24, 2.45) is 0 Å². The lowest BCUT2D eigenvalue weighted by atomic mass is 10.0. The van der Waals surface area contributed by atoms with E-state index in [1.165, 1.54) is 25.7 Å².